The van der Waals surface area contributed by atoms with Crippen LogP contribution in [0.2, 0.25) is 0 Å². The molecule has 2 aliphatic rings. The summed E-state index contributed by atoms with van der Waals surface area (Å²) in [5.74, 6) is 0.132. The molecule has 0 saturated heterocycles. The third-order valence-electron chi connectivity index (χ3n) is 7.55. The Kier molecular flexibility index (Phi) is 11.4. The van der Waals surface area contributed by atoms with Crippen LogP contribution >= 0.6 is 0 Å². The highest BCUT2D eigenvalue weighted by atomic mass is 16.5. The van der Waals surface area contributed by atoms with Crippen molar-refractivity contribution in [3.05, 3.63) is 25.3 Å². The molecule has 0 radical (unpaired) electrons. The minimum atomic E-state index is -0.307. The molecule has 4 heteroatoms. The van der Waals surface area contributed by atoms with Gasteiger partial charge in [-0.05, 0) is 37.0 Å². The monoisotopic (exact) mass is 420 g/mol. The zero-order valence-electron chi connectivity index (χ0n) is 19.8. The van der Waals surface area contributed by atoms with E-state index in [1.165, 1.54) is 63.5 Å². The molecule has 0 spiro atoms. The first-order chi connectivity index (χ1) is 14.2. The smallest absolute Gasteiger partial charge is 0.330 e. The second kappa shape index (κ2) is 13.0. The number of carbonyl (C=O) groups excluding carboxylic acids is 2. The molecule has 0 amide bonds. The minimum Gasteiger partial charge on any atom is -0.463 e. The van der Waals surface area contributed by atoms with E-state index >= 15 is 0 Å². The highest BCUT2D eigenvalue weighted by Gasteiger charge is 2.62. The number of fused-ring (bicyclic) bond motifs is 2. The molecule has 2 fully saturated rings. The zero-order chi connectivity index (χ0) is 22.6. The lowest BCUT2D eigenvalue weighted by Crippen LogP contribution is -2.38. The van der Waals surface area contributed by atoms with Crippen molar-refractivity contribution < 1.29 is 19.1 Å². The Bertz CT molecular complexity index is 565. The van der Waals surface area contributed by atoms with Crippen molar-refractivity contribution in [1.82, 2.24) is 0 Å². The van der Waals surface area contributed by atoms with Gasteiger partial charge in [0.25, 0.3) is 0 Å². The van der Waals surface area contributed by atoms with E-state index < -0.39 is 0 Å². The van der Waals surface area contributed by atoms with Gasteiger partial charge in [-0.1, -0.05) is 85.8 Å². The van der Waals surface area contributed by atoms with Crippen LogP contribution < -0.4 is 0 Å². The Morgan fingerprint density at radius 3 is 1.97 bits per heavy atom. The van der Waals surface area contributed by atoms with Crippen LogP contribution in [0.25, 0.3) is 0 Å². The maximum atomic E-state index is 11.3. The molecule has 172 valence electrons. The Balaban J connectivity index is 0.000000300. The summed E-state index contributed by atoms with van der Waals surface area (Å²) < 4.78 is 10.4. The van der Waals surface area contributed by atoms with Crippen LogP contribution in [0.1, 0.15) is 98.3 Å². The SMILES string of the molecule is C=CC(=O)OC1C[C@H]2CC[C@@]1(C)C2(C)C.C=CC(=O)OCCCCCCCCCC. The first kappa shape index (κ1) is 26.5. The molecule has 2 bridgehead atoms. The zero-order valence-corrected chi connectivity index (χ0v) is 19.8. The molecular weight excluding hydrogens is 376 g/mol. The fourth-order valence-electron chi connectivity index (χ4n) is 4.96. The van der Waals surface area contributed by atoms with E-state index in [-0.39, 0.29) is 23.5 Å². The second-order valence-corrected chi connectivity index (χ2v) is 9.59. The van der Waals surface area contributed by atoms with Gasteiger partial charge in [0.2, 0.25) is 0 Å². The van der Waals surface area contributed by atoms with Crippen LogP contribution in [0.5, 0.6) is 0 Å². The van der Waals surface area contributed by atoms with E-state index in [1.54, 1.807) is 0 Å². The van der Waals surface area contributed by atoms with Crippen LogP contribution in [0.3, 0.4) is 0 Å². The number of rotatable bonds is 12. The molecule has 1 unspecified atom stereocenters. The molecule has 2 rings (SSSR count). The first-order valence-corrected chi connectivity index (χ1v) is 11.8. The van der Waals surface area contributed by atoms with E-state index in [2.05, 4.69) is 40.9 Å². The maximum Gasteiger partial charge on any atom is 0.330 e. The average molecular weight is 421 g/mol. The molecule has 30 heavy (non-hydrogen) atoms. The molecule has 3 atom stereocenters. The molecule has 0 aromatic heterocycles. The molecule has 2 aliphatic carbocycles. The van der Waals surface area contributed by atoms with Gasteiger partial charge < -0.3 is 9.47 Å². The van der Waals surface area contributed by atoms with Gasteiger partial charge in [0, 0.05) is 17.6 Å². The Morgan fingerprint density at radius 1 is 0.933 bits per heavy atom. The Labute approximate surface area is 184 Å². The van der Waals surface area contributed by atoms with E-state index in [9.17, 15) is 9.59 Å². The van der Waals surface area contributed by atoms with Gasteiger partial charge in [0.15, 0.2) is 0 Å². The molecule has 0 aliphatic heterocycles. The van der Waals surface area contributed by atoms with Crippen molar-refractivity contribution in [1.29, 1.82) is 0 Å². The van der Waals surface area contributed by atoms with Crippen LogP contribution in [-0.2, 0) is 19.1 Å². The molecule has 2 saturated carbocycles. The number of esters is 2. The third-order valence-corrected chi connectivity index (χ3v) is 7.55. The van der Waals surface area contributed by atoms with Crippen molar-refractivity contribution in [3.63, 3.8) is 0 Å². The lowest BCUT2D eigenvalue weighted by molar-refractivity contribution is -0.150. The van der Waals surface area contributed by atoms with Crippen molar-refractivity contribution >= 4 is 11.9 Å². The normalized spacial score (nSPS) is 25.7. The maximum absolute atomic E-state index is 11.3. The quantitative estimate of drug-likeness (QED) is 0.198. The van der Waals surface area contributed by atoms with E-state index in [1.807, 2.05) is 0 Å². The van der Waals surface area contributed by atoms with Crippen LogP contribution in [-0.4, -0.2) is 24.6 Å². The predicted molar refractivity (Wildman–Crippen MR) is 123 cm³/mol. The minimum absolute atomic E-state index is 0.0942. The summed E-state index contributed by atoms with van der Waals surface area (Å²) in [6.45, 7) is 16.5. The molecular formula is C26H44O4. The summed E-state index contributed by atoms with van der Waals surface area (Å²) in [6.07, 6.45) is 16.2. The number of carbonyl (C=O) groups is 2. The molecule has 0 aromatic carbocycles. The predicted octanol–water partition coefficient (Wildman–Crippen LogP) is 6.79. The molecule has 0 aromatic rings. The fourth-order valence-corrected chi connectivity index (χ4v) is 4.96. The number of ether oxygens (including phenoxy) is 2. The fraction of sp³-hybridized carbons (Fsp3) is 0.769. The first-order valence-electron chi connectivity index (χ1n) is 11.8. The standard InChI is InChI=1S/C13H20O2.C13H24O2/c1-5-11(14)15-10-8-9-6-7-13(10,4)12(9,2)3;1-3-5-6-7-8-9-10-11-12-15-13(14)4-2/h5,9-10H,1,6-8H2,2-4H3;4H,2-3,5-12H2,1H3/t9-,10?,13-;/m1./s1. The van der Waals surface area contributed by atoms with Gasteiger partial charge in [-0.15, -0.1) is 0 Å². The van der Waals surface area contributed by atoms with E-state index in [0.29, 0.717) is 17.9 Å². The second-order valence-electron chi connectivity index (χ2n) is 9.59. The van der Waals surface area contributed by atoms with Gasteiger partial charge in [-0.3, -0.25) is 0 Å². The van der Waals surface area contributed by atoms with Gasteiger partial charge in [-0.2, -0.15) is 0 Å². The summed E-state index contributed by atoms with van der Waals surface area (Å²) in [7, 11) is 0. The van der Waals surface area contributed by atoms with Crippen LogP contribution in [0, 0.1) is 16.7 Å². The summed E-state index contributed by atoms with van der Waals surface area (Å²) in [5.41, 5.74) is 0.468. The van der Waals surface area contributed by atoms with E-state index in [4.69, 9.17) is 9.47 Å². The third kappa shape index (κ3) is 7.28. The van der Waals surface area contributed by atoms with E-state index in [0.717, 1.165) is 19.3 Å². The van der Waals surface area contributed by atoms with Crippen molar-refractivity contribution in [3.8, 4) is 0 Å². The van der Waals surface area contributed by atoms with Gasteiger partial charge >= 0.3 is 11.9 Å². The number of unbranched alkanes of at least 4 members (excludes halogenated alkanes) is 7. The summed E-state index contributed by atoms with van der Waals surface area (Å²) in [5, 5.41) is 0. The van der Waals surface area contributed by atoms with Crippen LogP contribution in [0.4, 0.5) is 0 Å². The topological polar surface area (TPSA) is 52.6 Å². The Morgan fingerprint density at radius 2 is 1.50 bits per heavy atom. The largest absolute Gasteiger partial charge is 0.463 e. The molecule has 4 nitrogen and oxygen atoms in total. The highest BCUT2D eigenvalue weighted by Crippen LogP contribution is 2.66. The summed E-state index contributed by atoms with van der Waals surface area (Å²) >= 11 is 0. The number of hydrogen-bond acceptors (Lipinski definition) is 4. The Hall–Kier alpha value is -1.58. The van der Waals surface area contributed by atoms with Crippen molar-refractivity contribution in [2.24, 2.45) is 16.7 Å². The van der Waals surface area contributed by atoms with Crippen molar-refractivity contribution in [2.45, 2.75) is 104 Å². The molecule has 0 N–H and O–H groups in total. The van der Waals surface area contributed by atoms with Gasteiger partial charge in [0.1, 0.15) is 6.10 Å². The summed E-state index contributed by atoms with van der Waals surface area (Å²) in [4.78, 5) is 21.9. The van der Waals surface area contributed by atoms with Gasteiger partial charge in [0.05, 0.1) is 6.61 Å². The van der Waals surface area contributed by atoms with Crippen LogP contribution in [0.15, 0.2) is 25.3 Å². The summed E-state index contributed by atoms with van der Waals surface area (Å²) in [6, 6.07) is 0. The lowest BCUT2D eigenvalue weighted by atomic mass is 9.70. The molecule has 0 heterocycles. The van der Waals surface area contributed by atoms with Gasteiger partial charge in [-0.25, -0.2) is 9.59 Å². The highest BCUT2D eigenvalue weighted by molar-refractivity contribution is 5.81. The average Bonchev–Trinajstić information content (AvgIpc) is 3.06. The van der Waals surface area contributed by atoms with Crippen molar-refractivity contribution in [2.75, 3.05) is 6.61 Å². The number of hydrogen-bond donors (Lipinski definition) is 0. The lowest BCUT2D eigenvalue weighted by Gasteiger charge is -2.38.